The molecule has 3 heterocycles. The molecule has 2 aliphatic rings. The van der Waals surface area contributed by atoms with Crippen LogP contribution in [0.5, 0.6) is 5.75 Å². The van der Waals surface area contributed by atoms with E-state index in [2.05, 4.69) is 10.3 Å². The minimum atomic E-state index is -0.502. The zero-order valence-corrected chi connectivity index (χ0v) is 16.1. The van der Waals surface area contributed by atoms with Gasteiger partial charge in [-0.2, -0.15) is 0 Å². The average molecular weight is 384 g/mol. The fourth-order valence-corrected chi connectivity index (χ4v) is 3.76. The molecular formula is C20H24N4O4. The number of amides is 2. The van der Waals surface area contributed by atoms with Gasteiger partial charge in [-0.25, -0.2) is 4.98 Å². The summed E-state index contributed by atoms with van der Waals surface area (Å²) < 4.78 is 12.8. The van der Waals surface area contributed by atoms with Crippen molar-refractivity contribution in [3.05, 3.63) is 47.5 Å². The predicted molar refractivity (Wildman–Crippen MR) is 101 cm³/mol. The van der Waals surface area contributed by atoms with Crippen LogP contribution in [0, 0.1) is 0 Å². The molecule has 0 aliphatic carbocycles. The monoisotopic (exact) mass is 384 g/mol. The molecule has 0 saturated carbocycles. The molecule has 0 saturated heterocycles. The second-order valence-corrected chi connectivity index (χ2v) is 7.05. The van der Waals surface area contributed by atoms with Crippen molar-refractivity contribution in [2.24, 2.45) is 0 Å². The van der Waals surface area contributed by atoms with Crippen LogP contribution in [0.25, 0.3) is 0 Å². The Kier molecular flexibility index (Phi) is 5.04. The van der Waals surface area contributed by atoms with E-state index in [9.17, 15) is 9.59 Å². The quantitative estimate of drug-likeness (QED) is 0.782. The van der Waals surface area contributed by atoms with Gasteiger partial charge in [0.1, 0.15) is 17.3 Å². The SMILES string of the molecule is COCCNC(=O)c1cn2c(n1)[C@H](C)N(C(=O)[C@@H]1Cc3ccccc3O1)CC2. The van der Waals surface area contributed by atoms with Gasteiger partial charge in [0.05, 0.1) is 12.6 Å². The van der Waals surface area contributed by atoms with Crippen LogP contribution in [0.1, 0.15) is 34.8 Å². The second-order valence-electron chi connectivity index (χ2n) is 7.05. The standard InChI is InChI=1S/C20H24N4O4/c1-13-18-22-15(19(25)21-7-10-27-2)12-23(18)8-9-24(13)20(26)17-11-14-5-3-4-6-16(14)28-17/h3-6,12-13,17H,7-11H2,1-2H3,(H,21,25)/t13-,17-/m0/s1. The highest BCUT2D eigenvalue weighted by Crippen LogP contribution is 2.32. The molecule has 0 bridgehead atoms. The lowest BCUT2D eigenvalue weighted by molar-refractivity contribution is -0.141. The third-order valence-corrected chi connectivity index (χ3v) is 5.26. The first-order valence-corrected chi connectivity index (χ1v) is 9.47. The van der Waals surface area contributed by atoms with Gasteiger partial charge in [-0.1, -0.05) is 18.2 Å². The summed E-state index contributed by atoms with van der Waals surface area (Å²) in [5.41, 5.74) is 1.42. The Labute approximate surface area is 163 Å². The number of fused-ring (bicyclic) bond motifs is 2. The molecule has 2 aromatic rings. The van der Waals surface area contributed by atoms with E-state index in [0.29, 0.717) is 44.2 Å². The minimum Gasteiger partial charge on any atom is -0.480 e. The summed E-state index contributed by atoms with van der Waals surface area (Å²) in [6, 6.07) is 7.52. The number of methoxy groups -OCH3 is 1. The Balaban J connectivity index is 1.45. The second kappa shape index (κ2) is 7.63. The summed E-state index contributed by atoms with van der Waals surface area (Å²) in [6.07, 6.45) is 1.83. The number of nitrogens with zero attached hydrogens (tertiary/aromatic N) is 3. The minimum absolute atomic E-state index is 0.0379. The topological polar surface area (TPSA) is 85.7 Å². The van der Waals surface area contributed by atoms with Gasteiger partial charge in [0.15, 0.2) is 6.10 Å². The Morgan fingerprint density at radius 2 is 2.14 bits per heavy atom. The fraction of sp³-hybridized carbons (Fsp3) is 0.450. The molecule has 0 fully saturated rings. The molecule has 28 heavy (non-hydrogen) atoms. The van der Waals surface area contributed by atoms with Crippen LogP contribution in [-0.4, -0.2) is 59.2 Å². The molecule has 0 spiro atoms. The van der Waals surface area contributed by atoms with E-state index in [1.807, 2.05) is 35.8 Å². The van der Waals surface area contributed by atoms with Gasteiger partial charge in [-0.15, -0.1) is 0 Å². The molecule has 2 atom stereocenters. The molecule has 4 rings (SSSR count). The van der Waals surface area contributed by atoms with E-state index in [1.165, 1.54) is 0 Å². The Morgan fingerprint density at radius 3 is 2.93 bits per heavy atom. The molecule has 2 amide bonds. The number of benzene rings is 1. The number of carbonyl (C=O) groups excluding carboxylic acids is 2. The molecule has 0 radical (unpaired) electrons. The van der Waals surface area contributed by atoms with Gasteiger partial charge >= 0.3 is 0 Å². The third-order valence-electron chi connectivity index (χ3n) is 5.26. The lowest BCUT2D eigenvalue weighted by Crippen LogP contribution is -2.47. The van der Waals surface area contributed by atoms with Gasteiger partial charge in [0.2, 0.25) is 0 Å². The van der Waals surface area contributed by atoms with E-state index in [1.54, 1.807) is 18.2 Å². The first kappa shape index (κ1) is 18.5. The molecule has 2 aliphatic heterocycles. The molecule has 8 heteroatoms. The van der Waals surface area contributed by atoms with Gasteiger partial charge in [-0.3, -0.25) is 9.59 Å². The number of carbonyl (C=O) groups is 2. The van der Waals surface area contributed by atoms with Crippen molar-refractivity contribution in [2.45, 2.75) is 32.0 Å². The van der Waals surface area contributed by atoms with Crippen molar-refractivity contribution in [2.75, 3.05) is 26.8 Å². The van der Waals surface area contributed by atoms with Crippen LogP contribution in [0.2, 0.25) is 0 Å². The van der Waals surface area contributed by atoms with Crippen molar-refractivity contribution in [3.8, 4) is 5.75 Å². The number of hydrogen-bond donors (Lipinski definition) is 1. The zero-order valence-electron chi connectivity index (χ0n) is 16.1. The Hall–Kier alpha value is -2.87. The van der Waals surface area contributed by atoms with Crippen LogP contribution < -0.4 is 10.1 Å². The maximum absolute atomic E-state index is 13.1. The summed E-state index contributed by atoms with van der Waals surface area (Å²) in [5.74, 6) is 1.22. The van der Waals surface area contributed by atoms with E-state index in [-0.39, 0.29) is 17.9 Å². The van der Waals surface area contributed by atoms with Crippen molar-refractivity contribution in [3.63, 3.8) is 0 Å². The lowest BCUT2D eigenvalue weighted by atomic mass is 10.1. The molecule has 0 unspecified atom stereocenters. The van der Waals surface area contributed by atoms with Crippen LogP contribution in [0.4, 0.5) is 0 Å². The van der Waals surface area contributed by atoms with E-state index in [0.717, 1.165) is 11.3 Å². The number of imidazole rings is 1. The smallest absolute Gasteiger partial charge is 0.271 e. The largest absolute Gasteiger partial charge is 0.480 e. The number of nitrogens with one attached hydrogen (secondary N) is 1. The Bertz CT molecular complexity index is 869. The number of aromatic nitrogens is 2. The van der Waals surface area contributed by atoms with Crippen molar-refractivity contribution in [1.29, 1.82) is 0 Å². The zero-order chi connectivity index (χ0) is 19.7. The molecule has 148 valence electrons. The Morgan fingerprint density at radius 1 is 1.32 bits per heavy atom. The fourth-order valence-electron chi connectivity index (χ4n) is 3.76. The first-order valence-electron chi connectivity index (χ1n) is 9.47. The lowest BCUT2D eigenvalue weighted by Gasteiger charge is -2.35. The highest BCUT2D eigenvalue weighted by Gasteiger charge is 2.37. The van der Waals surface area contributed by atoms with E-state index < -0.39 is 6.10 Å². The van der Waals surface area contributed by atoms with E-state index in [4.69, 9.17) is 9.47 Å². The van der Waals surface area contributed by atoms with Gasteiger partial charge in [0.25, 0.3) is 11.8 Å². The highest BCUT2D eigenvalue weighted by molar-refractivity contribution is 5.92. The number of rotatable bonds is 5. The number of ether oxygens (including phenoxy) is 2. The van der Waals surface area contributed by atoms with Gasteiger partial charge in [-0.05, 0) is 18.6 Å². The summed E-state index contributed by atoms with van der Waals surface area (Å²) in [7, 11) is 1.58. The summed E-state index contributed by atoms with van der Waals surface area (Å²) in [4.78, 5) is 31.6. The van der Waals surface area contributed by atoms with Gasteiger partial charge < -0.3 is 24.3 Å². The third kappa shape index (κ3) is 3.35. The van der Waals surface area contributed by atoms with Crippen LogP contribution in [-0.2, 0) is 22.5 Å². The van der Waals surface area contributed by atoms with Crippen LogP contribution >= 0.6 is 0 Å². The molecule has 1 aromatic carbocycles. The summed E-state index contributed by atoms with van der Waals surface area (Å²) in [6.45, 7) is 3.97. The molecule has 8 nitrogen and oxygen atoms in total. The molecular weight excluding hydrogens is 360 g/mol. The molecule has 1 aromatic heterocycles. The average Bonchev–Trinajstić information content (AvgIpc) is 3.32. The van der Waals surface area contributed by atoms with Crippen molar-refractivity contribution < 1.29 is 19.1 Å². The summed E-state index contributed by atoms with van der Waals surface area (Å²) >= 11 is 0. The number of hydrogen-bond acceptors (Lipinski definition) is 5. The first-order chi connectivity index (χ1) is 13.6. The summed E-state index contributed by atoms with van der Waals surface area (Å²) in [5, 5.41) is 2.77. The van der Waals surface area contributed by atoms with Crippen LogP contribution in [0.3, 0.4) is 0 Å². The van der Waals surface area contributed by atoms with Crippen molar-refractivity contribution >= 4 is 11.8 Å². The predicted octanol–water partition coefficient (Wildman–Crippen LogP) is 1.17. The van der Waals surface area contributed by atoms with Crippen molar-refractivity contribution in [1.82, 2.24) is 19.8 Å². The number of para-hydroxylation sites is 1. The highest BCUT2D eigenvalue weighted by atomic mass is 16.5. The molecule has 1 N–H and O–H groups in total. The van der Waals surface area contributed by atoms with Crippen LogP contribution in [0.15, 0.2) is 30.5 Å². The maximum atomic E-state index is 13.1. The van der Waals surface area contributed by atoms with Gasteiger partial charge in [0, 0.05) is 39.4 Å². The van der Waals surface area contributed by atoms with E-state index >= 15 is 0 Å². The maximum Gasteiger partial charge on any atom is 0.271 e. The normalized spacial score (nSPS) is 20.3.